The van der Waals surface area contributed by atoms with Gasteiger partial charge in [-0.3, -0.25) is 9.59 Å². The zero-order valence-electron chi connectivity index (χ0n) is 30.0. The summed E-state index contributed by atoms with van der Waals surface area (Å²) in [6.07, 6.45) is -5.69. The summed E-state index contributed by atoms with van der Waals surface area (Å²) in [7, 11) is 5.16. The molecule has 274 valence electrons. The van der Waals surface area contributed by atoms with Gasteiger partial charge < -0.3 is 48.4 Å². The number of carboxylic acid groups (broad SMARTS) is 1. The molecular formula is C33H54N2O13. The maximum Gasteiger partial charge on any atom is 0.509 e. The fraction of sp³-hybridized carbons (Fsp3) is 0.848. The Balaban J connectivity index is 2.18. The zero-order valence-corrected chi connectivity index (χ0v) is 30.0. The summed E-state index contributed by atoms with van der Waals surface area (Å²) in [5.41, 5.74) is -2.46. The molecule has 0 aromatic heterocycles. The first-order valence-corrected chi connectivity index (χ1v) is 16.6. The minimum absolute atomic E-state index is 0.134. The summed E-state index contributed by atoms with van der Waals surface area (Å²) >= 11 is 0. The number of rotatable bonds is 8. The van der Waals surface area contributed by atoms with Gasteiger partial charge in [0.05, 0.1) is 23.5 Å². The number of carbonyl (C=O) groups excluding carboxylic acids is 3. The Hall–Kier alpha value is -2.85. The van der Waals surface area contributed by atoms with Crippen molar-refractivity contribution in [1.29, 1.82) is 0 Å². The molecule has 3 aliphatic rings. The van der Waals surface area contributed by atoms with E-state index < -0.39 is 96.1 Å². The third-order valence-electron chi connectivity index (χ3n) is 10.2. The topological polar surface area (TPSA) is 189 Å². The fourth-order valence-corrected chi connectivity index (χ4v) is 7.39. The molecule has 15 nitrogen and oxygen atoms in total. The van der Waals surface area contributed by atoms with E-state index in [1.54, 1.807) is 34.6 Å². The molecule has 3 fully saturated rings. The molecule has 3 saturated heterocycles. The maximum atomic E-state index is 14.1. The van der Waals surface area contributed by atoms with Crippen molar-refractivity contribution in [1.82, 2.24) is 4.90 Å². The maximum absolute atomic E-state index is 14.1. The van der Waals surface area contributed by atoms with Crippen molar-refractivity contribution in [3.63, 3.8) is 0 Å². The van der Waals surface area contributed by atoms with Crippen LogP contribution < -0.4 is 0 Å². The molecule has 48 heavy (non-hydrogen) atoms. The highest BCUT2D eigenvalue weighted by Gasteiger charge is 2.58. The number of hydrogen-bond donors (Lipinski definition) is 2. The minimum Gasteiger partial charge on any atom is -0.479 e. The lowest BCUT2D eigenvalue weighted by molar-refractivity contribution is -0.295. The number of ether oxygens (including phenoxy) is 6. The molecule has 0 spiro atoms. The largest absolute Gasteiger partial charge is 0.509 e. The van der Waals surface area contributed by atoms with Crippen LogP contribution >= 0.6 is 0 Å². The summed E-state index contributed by atoms with van der Waals surface area (Å²) in [5, 5.41) is 24.8. The number of carboxylic acids is 1. The lowest BCUT2D eigenvalue weighted by atomic mass is 9.74. The first-order chi connectivity index (χ1) is 22.3. The van der Waals surface area contributed by atoms with Gasteiger partial charge in [-0.15, -0.1) is 0 Å². The van der Waals surface area contributed by atoms with E-state index in [-0.39, 0.29) is 25.0 Å². The number of aliphatic hydroxyl groups excluding tert-OH is 1. The predicted molar refractivity (Wildman–Crippen MR) is 170 cm³/mol. The lowest BCUT2D eigenvalue weighted by Gasteiger charge is -2.47. The summed E-state index contributed by atoms with van der Waals surface area (Å²) in [6.45, 7) is 12.8. The van der Waals surface area contributed by atoms with Gasteiger partial charge in [0.1, 0.15) is 18.1 Å². The summed E-state index contributed by atoms with van der Waals surface area (Å²) in [4.78, 5) is 58.8. The number of fused-ring (bicyclic) bond motifs is 1. The van der Waals surface area contributed by atoms with Crippen LogP contribution in [-0.4, -0.2) is 127 Å². The molecule has 0 amide bonds. The van der Waals surface area contributed by atoms with E-state index in [1.165, 1.54) is 14.0 Å². The van der Waals surface area contributed by atoms with Gasteiger partial charge in [0.2, 0.25) is 6.61 Å². The van der Waals surface area contributed by atoms with Crippen molar-refractivity contribution in [2.75, 3.05) is 27.8 Å². The van der Waals surface area contributed by atoms with Gasteiger partial charge in [0, 0.05) is 30.9 Å². The highest BCUT2D eigenvalue weighted by Crippen LogP contribution is 2.42. The normalized spacial score (nSPS) is 42.4. The second-order valence-corrected chi connectivity index (χ2v) is 14.0. The molecule has 13 atom stereocenters. The minimum atomic E-state index is -1.49. The van der Waals surface area contributed by atoms with E-state index in [1.807, 2.05) is 32.8 Å². The Morgan fingerprint density at radius 3 is 2.27 bits per heavy atom. The standard InChI is InChI=1S/C33H54N2O13/c1-12-22-33(8)28(47-31(41)48-33)18(4)24(34-43-15-23(36)37)16(2)14-32(7,42-11)27(19(5)25(38)20(6)29(40)45-22)46-30-26(39)21(35(9)10)13-17(3)44-30/h16-22,26-28,30,39H,12-15H2,1-11H3,(H,36,37)/b34-24+/t16-,17-,18+,19+,20-,21+,22-,26-,27-,28-,30+,32+,33-/m1/s1. The molecule has 0 aromatic rings. The molecule has 0 aliphatic carbocycles. The third-order valence-corrected chi connectivity index (χ3v) is 10.2. The molecule has 0 unspecified atom stereocenters. The number of likely N-dealkylation sites (N-methyl/N-ethyl adjacent to an activating group) is 1. The quantitative estimate of drug-likeness (QED) is 0.215. The highest BCUT2D eigenvalue weighted by molar-refractivity contribution is 6.00. The lowest BCUT2D eigenvalue weighted by Crippen LogP contribution is -2.59. The number of ketones is 1. The molecule has 0 radical (unpaired) electrons. The first kappa shape index (κ1) is 39.6. The Kier molecular flexibility index (Phi) is 13.0. The van der Waals surface area contributed by atoms with Crippen molar-refractivity contribution in [3.8, 4) is 0 Å². The van der Waals surface area contributed by atoms with Gasteiger partial charge in [0.15, 0.2) is 23.8 Å². The monoisotopic (exact) mass is 686 g/mol. The van der Waals surface area contributed by atoms with E-state index in [0.29, 0.717) is 12.1 Å². The van der Waals surface area contributed by atoms with Gasteiger partial charge in [-0.25, -0.2) is 9.59 Å². The second-order valence-electron chi connectivity index (χ2n) is 14.0. The molecule has 3 heterocycles. The number of oxime groups is 1. The van der Waals surface area contributed by atoms with Crippen LogP contribution in [0.15, 0.2) is 5.16 Å². The second kappa shape index (κ2) is 15.8. The Labute approximate surface area is 282 Å². The number of aliphatic carboxylic acids is 1. The number of hydrogen-bond acceptors (Lipinski definition) is 14. The van der Waals surface area contributed by atoms with Crippen molar-refractivity contribution in [3.05, 3.63) is 0 Å². The van der Waals surface area contributed by atoms with E-state index in [2.05, 4.69) is 5.16 Å². The zero-order chi connectivity index (χ0) is 36.3. The van der Waals surface area contributed by atoms with Crippen LogP contribution in [0.3, 0.4) is 0 Å². The molecule has 0 bridgehead atoms. The van der Waals surface area contributed by atoms with Crippen molar-refractivity contribution < 1.29 is 62.6 Å². The molecule has 0 saturated carbocycles. The number of aliphatic hydroxyl groups is 1. The number of methoxy groups -OCH3 is 1. The summed E-state index contributed by atoms with van der Waals surface area (Å²) < 4.78 is 36.0. The van der Waals surface area contributed by atoms with Gasteiger partial charge in [-0.2, -0.15) is 0 Å². The average Bonchev–Trinajstić information content (AvgIpc) is 3.33. The highest BCUT2D eigenvalue weighted by atomic mass is 16.8. The number of carbonyl (C=O) groups is 4. The van der Waals surface area contributed by atoms with Crippen LogP contribution in [0.5, 0.6) is 0 Å². The average molecular weight is 687 g/mol. The van der Waals surface area contributed by atoms with Gasteiger partial charge in [-0.05, 0) is 61.1 Å². The van der Waals surface area contributed by atoms with E-state index in [9.17, 15) is 29.4 Å². The Bertz CT molecular complexity index is 1210. The number of esters is 1. The SMILES string of the molecule is CC[C@H]1OC(=O)[C@H](C)C(=O)[C@H](C)[C@@H](O[C@@H]2O[C@H](C)C[C@H](N(C)C)[C@H]2O)[C@@](C)(OC)C[C@@H](C)/C(=N\OCC(=O)O)[C@H](C)[C@H]2OC(=O)O[C@@]21C. The van der Waals surface area contributed by atoms with E-state index >= 15 is 0 Å². The van der Waals surface area contributed by atoms with Crippen LogP contribution in [0.4, 0.5) is 4.79 Å². The molecular weight excluding hydrogens is 632 g/mol. The fourth-order valence-electron chi connectivity index (χ4n) is 7.39. The van der Waals surface area contributed by atoms with Crippen molar-refractivity contribution in [2.45, 2.75) is 129 Å². The Morgan fingerprint density at radius 1 is 1.06 bits per heavy atom. The number of cyclic esters (lactones) is 1. The van der Waals surface area contributed by atoms with E-state index in [4.69, 9.17) is 33.3 Å². The molecule has 3 rings (SSSR count). The third kappa shape index (κ3) is 8.29. The molecule has 3 aliphatic heterocycles. The van der Waals surface area contributed by atoms with E-state index in [0.717, 1.165) is 0 Å². The van der Waals surface area contributed by atoms with Crippen molar-refractivity contribution >= 4 is 29.6 Å². The van der Waals surface area contributed by atoms with Crippen LogP contribution in [0.25, 0.3) is 0 Å². The summed E-state index contributed by atoms with van der Waals surface area (Å²) in [5.74, 6) is -6.07. The summed E-state index contributed by atoms with van der Waals surface area (Å²) in [6, 6.07) is -0.299. The predicted octanol–water partition coefficient (Wildman–Crippen LogP) is 2.79. The Morgan fingerprint density at radius 2 is 1.71 bits per heavy atom. The number of Topliss-reactive ketones (excluding diaryl/α,β-unsaturated/α-hetero) is 1. The van der Waals surface area contributed by atoms with Crippen LogP contribution in [0.1, 0.15) is 74.7 Å². The molecule has 15 heteroatoms. The van der Waals surface area contributed by atoms with Crippen LogP contribution in [0, 0.1) is 23.7 Å². The van der Waals surface area contributed by atoms with Crippen LogP contribution in [0.2, 0.25) is 0 Å². The molecule has 0 aromatic carbocycles. The first-order valence-electron chi connectivity index (χ1n) is 16.6. The van der Waals surface area contributed by atoms with Gasteiger partial charge >= 0.3 is 18.1 Å². The number of nitrogens with zero attached hydrogens (tertiary/aromatic N) is 2. The smallest absolute Gasteiger partial charge is 0.479 e. The molecule has 2 N–H and O–H groups in total. The van der Waals surface area contributed by atoms with Crippen LogP contribution in [-0.2, 0) is 47.6 Å². The van der Waals surface area contributed by atoms with Gasteiger partial charge in [-0.1, -0.05) is 32.9 Å². The van der Waals surface area contributed by atoms with Crippen molar-refractivity contribution in [2.24, 2.45) is 28.8 Å². The van der Waals surface area contributed by atoms with Gasteiger partial charge in [0.25, 0.3) is 0 Å².